The summed E-state index contributed by atoms with van der Waals surface area (Å²) in [5.41, 5.74) is 1.93. The van der Waals surface area contributed by atoms with E-state index in [9.17, 15) is 8.78 Å². The van der Waals surface area contributed by atoms with Crippen LogP contribution in [-0.2, 0) is 16.2 Å². The van der Waals surface area contributed by atoms with Gasteiger partial charge in [-0.25, -0.2) is 27.5 Å². The van der Waals surface area contributed by atoms with Gasteiger partial charge in [0.25, 0.3) is 6.02 Å². The number of hydrogen-bond donors (Lipinski definition) is 1. The number of fused-ring (bicyclic) bond motifs is 1. The molecule has 1 aliphatic rings. The highest BCUT2D eigenvalue weighted by Gasteiger charge is 2.34. The summed E-state index contributed by atoms with van der Waals surface area (Å²) in [6.07, 6.45) is 5.06. The molecule has 1 aromatic carbocycles. The number of aliphatic imine (C=N–C) groups is 1. The number of alkyl halides is 2. The van der Waals surface area contributed by atoms with Gasteiger partial charge in [0, 0.05) is 62.7 Å². The minimum Gasteiger partial charge on any atom is -0.459 e. The van der Waals surface area contributed by atoms with E-state index in [1.54, 1.807) is 6.20 Å². The third-order valence-electron chi connectivity index (χ3n) is 6.72. The number of nitrogens with one attached hydrogen (secondary N) is 1. The predicted octanol–water partition coefficient (Wildman–Crippen LogP) is 7.30. The minimum absolute atomic E-state index is 0.0383. The van der Waals surface area contributed by atoms with E-state index < -0.39 is 44.5 Å². The zero-order chi connectivity index (χ0) is 30.9. The normalized spacial score (nSPS) is 15.1. The summed E-state index contributed by atoms with van der Waals surface area (Å²) in [6, 6.07) is 6.12. The van der Waals surface area contributed by atoms with Crippen LogP contribution in [0.1, 0.15) is 19.9 Å². The first-order valence-electron chi connectivity index (χ1n) is 13.9. The Kier molecular flexibility index (Phi) is 8.52. The summed E-state index contributed by atoms with van der Waals surface area (Å²) in [6.45, 7) is 9.98. The lowest BCUT2D eigenvalue weighted by Crippen LogP contribution is -2.36. The van der Waals surface area contributed by atoms with Gasteiger partial charge in [0.15, 0.2) is 24.0 Å². The minimum atomic E-state index is -3.10. The maximum atomic E-state index is 15.3. The second-order valence-corrected chi connectivity index (χ2v) is 17.5. The molecule has 1 N–H and O–H groups in total. The van der Waals surface area contributed by atoms with Crippen LogP contribution in [-0.4, -0.2) is 59.1 Å². The van der Waals surface area contributed by atoms with Gasteiger partial charge >= 0.3 is 5.92 Å². The maximum Gasteiger partial charge on any atom is 0.300 e. The molecule has 0 atom stereocenters. The zero-order valence-electron chi connectivity index (χ0n) is 24.6. The molecule has 0 fully saturated rings. The SMILES string of the molecule is CC(C)n1nccc1-c1cn(COCC[Si](C)(C)C)c2nccc(Oc3c(F)cc(NC4=NCC(F)(F)CO4)cc3F)c12. The van der Waals surface area contributed by atoms with Gasteiger partial charge in [0.1, 0.15) is 24.7 Å². The first-order valence-corrected chi connectivity index (χ1v) is 17.6. The molecule has 9 nitrogen and oxygen atoms in total. The molecule has 3 aromatic heterocycles. The molecule has 0 saturated carbocycles. The van der Waals surface area contributed by atoms with E-state index in [2.05, 4.69) is 40.0 Å². The summed E-state index contributed by atoms with van der Waals surface area (Å²) in [5.74, 6) is -5.59. The predicted molar refractivity (Wildman–Crippen MR) is 159 cm³/mol. The molecule has 4 heterocycles. The third kappa shape index (κ3) is 7.01. The lowest BCUT2D eigenvalue weighted by molar-refractivity contribution is -0.0456. The van der Waals surface area contributed by atoms with Crippen LogP contribution in [0.3, 0.4) is 0 Å². The van der Waals surface area contributed by atoms with Gasteiger partial charge in [0.05, 0.1) is 11.1 Å². The Labute approximate surface area is 247 Å². The highest BCUT2D eigenvalue weighted by molar-refractivity contribution is 6.76. The molecule has 0 bridgehead atoms. The van der Waals surface area contributed by atoms with E-state index in [-0.39, 0.29) is 30.2 Å². The summed E-state index contributed by atoms with van der Waals surface area (Å²) < 4.78 is 77.6. The van der Waals surface area contributed by atoms with Gasteiger partial charge in [-0.1, -0.05) is 19.6 Å². The molecule has 14 heteroatoms. The number of rotatable bonds is 10. The van der Waals surface area contributed by atoms with E-state index in [1.807, 2.05) is 35.4 Å². The van der Waals surface area contributed by atoms with Gasteiger partial charge in [-0.15, -0.1) is 0 Å². The Morgan fingerprint density at radius 1 is 1.12 bits per heavy atom. The monoisotopic (exact) mass is 618 g/mol. The fourth-order valence-corrected chi connectivity index (χ4v) is 5.29. The lowest BCUT2D eigenvalue weighted by Gasteiger charge is -2.22. The van der Waals surface area contributed by atoms with Crippen molar-refractivity contribution >= 4 is 30.8 Å². The average Bonchev–Trinajstić information content (AvgIpc) is 3.55. The van der Waals surface area contributed by atoms with E-state index in [4.69, 9.17) is 14.2 Å². The van der Waals surface area contributed by atoms with E-state index in [0.29, 0.717) is 23.2 Å². The van der Waals surface area contributed by atoms with Crippen LogP contribution in [0.25, 0.3) is 22.3 Å². The van der Waals surface area contributed by atoms with Crippen molar-refractivity contribution in [1.82, 2.24) is 19.3 Å². The number of amidine groups is 1. The molecule has 1 aliphatic heterocycles. The Bertz CT molecular complexity index is 1620. The number of anilines is 1. The first-order chi connectivity index (χ1) is 20.3. The molecule has 0 radical (unpaired) electrons. The van der Waals surface area contributed by atoms with Crippen molar-refractivity contribution < 1.29 is 31.8 Å². The fourth-order valence-electron chi connectivity index (χ4n) is 4.54. The topological polar surface area (TPSA) is 87.7 Å². The van der Waals surface area contributed by atoms with Crippen molar-refractivity contribution in [1.29, 1.82) is 0 Å². The van der Waals surface area contributed by atoms with Crippen LogP contribution >= 0.6 is 0 Å². The molecule has 43 heavy (non-hydrogen) atoms. The number of pyridine rings is 1. The third-order valence-corrected chi connectivity index (χ3v) is 8.42. The van der Waals surface area contributed by atoms with Gasteiger partial charge in [0.2, 0.25) is 0 Å². The highest BCUT2D eigenvalue weighted by atomic mass is 28.3. The smallest absolute Gasteiger partial charge is 0.300 e. The van der Waals surface area contributed by atoms with Gasteiger partial charge in [-0.05, 0) is 32.0 Å². The molecule has 4 aromatic rings. The molecule has 0 aliphatic carbocycles. The first kappa shape index (κ1) is 30.5. The summed E-state index contributed by atoms with van der Waals surface area (Å²) in [4.78, 5) is 8.14. The van der Waals surface area contributed by atoms with Gasteiger partial charge < -0.3 is 24.1 Å². The van der Waals surface area contributed by atoms with E-state index >= 15 is 8.78 Å². The fraction of sp³-hybridized carbons (Fsp3) is 0.414. The lowest BCUT2D eigenvalue weighted by atomic mass is 10.1. The second-order valence-electron chi connectivity index (χ2n) is 11.9. The van der Waals surface area contributed by atoms with Crippen molar-refractivity contribution in [2.75, 3.05) is 25.1 Å². The average molecular weight is 619 g/mol. The van der Waals surface area contributed by atoms with E-state index in [0.717, 1.165) is 23.9 Å². The molecule has 5 rings (SSSR count). The van der Waals surface area contributed by atoms with Crippen LogP contribution in [0.5, 0.6) is 11.5 Å². The Morgan fingerprint density at radius 3 is 2.51 bits per heavy atom. The number of halogens is 4. The summed E-state index contributed by atoms with van der Waals surface area (Å²) in [7, 11) is -1.29. The van der Waals surface area contributed by atoms with Crippen molar-refractivity contribution in [3.05, 3.63) is 54.5 Å². The standard InChI is InChI=1S/C29H34F4N6O3Si/c1-18(2)39-23(6-9-36-39)20-14-38(17-40-10-11-43(3,4)5)27-25(20)24(7-8-34-27)42-26-21(30)12-19(13-22(26)31)37-28-35-15-29(32,33)16-41-28/h6-9,12-14,18H,10-11,15-17H2,1-5H3,(H,35,37). The Morgan fingerprint density at radius 2 is 1.86 bits per heavy atom. The van der Waals surface area contributed by atoms with Crippen LogP contribution < -0.4 is 10.1 Å². The Hall–Kier alpha value is -3.91. The number of hydrogen-bond acceptors (Lipinski definition) is 7. The van der Waals surface area contributed by atoms with Gasteiger partial charge in [-0.3, -0.25) is 4.68 Å². The molecule has 0 amide bonds. The highest BCUT2D eigenvalue weighted by Crippen LogP contribution is 2.40. The quantitative estimate of drug-likeness (QED) is 0.114. The summed E-state index contributed by atoms with van der Waals surface area (Å²) in [5, 5.41) is 7.51. The molecular weight excluding hydrogens is 584 g/mol. The summed E-state index contributed by atoms with van der Waals surface area (Å²) >= 11 is 0. The number of nitrogens with zero attached hydrogens (tertiary/aromatic N) is 5. The Balaban J connectivity index is 1.49. The van der Waals surface area contributed by atoms with Crippen molar-refractivity contribution in [3.63, 3.8) is 0 Å². The van der Waals surface area contributed by atoms with Gasteiger partial charge in [-0.2, -0.15) is 5.10 Å². The molecule has 0 saturated heterocycles. The van der Waals surface area contributed by atoms with Crippen LogP contribution in [0, 0.1) is 11.6 Å². The van der Waals surface area contributed by atoms with Crippen molar-refractivity contribution in [2.45, 2.75) is 58.2 Å². The second kappa shape index (κ2) is 12.0. The molecule has 0 spiro atoms. The van der Waals surface area contributed by atoms with Crippen molar-refractivity contribution in [2.24, 2.45) is 4.99 Å². The van der Waals surface area contributed by atoms with Crippen LogP contribution in [0.4, 0.5) is 23.2 Å². The van der Waals surface area contributed by atoms with E-state index in [1.165, 1.54) is 12.3 Å². The van der Waals surface area contributed by atoms with Crippen LogP contribution in [0.15, 0.2) is 47.8 Å². The maximum absolute atomic E-state index is 15.3. The largest absolute Gasteiger partial charge is 0.459 e. The number of aromatic nitrogens is 4. The number of benzene rings is 1. The number of ether oxygens (including phenoxy) is 3. The molecule has 0 unspecified atom stereocenters. The van der Waals surface area contributed by atoms with Crippen molar-refractivity contribution in [3.8, 4) is 22.8 Å². The van der Waals surface area contributed by atoms with Crippen LogP contribution in [0.2, 0.25) is 25.7 Å². The molecular formula is C29H34F4N6O3Si. The zero-order valence-corrected chi connectivity index (χ0v) is 25.6. The molecule has 230 valence electrons.